The molecule has 0 aliphatic rings. The fourth-order valence-electron chi connectivity index (χ4n) is 2.84. The van der Waals surface area contributed by atoms with Gasteiger partial charge in [0.05, 0.1) is 0 Å². The molecule has 0 fully saturated rings. The monoisotopic (exact) mass is 395 g/mol. The number of halogens is 1. The summed E-state index contributed by atoms with van der Waals surface area (Å²) >= 11 is 1.28. The number of carbonyl (C=O) groups excluding carboxylic acids is 1. The highest BCUT2D eigenvalue weighted by atomic mass is 32.1. The van der Waals surface area contributed by atoms with Gasteiger partial charge in [-0.05, 0) is 62.2 Å². The molecule has 8 heteroatoms. The summed E-state index contributed by atoms with van der Waals surface area (Å²) in [6, 6.07) is 9.97. The predicted octanol–water partition coefficient (Wildman–Crippen LogP) is 4.19. The van der Waals surface area contributed by atoms with Gasteiger partial charge in [0.25, 0.3) is 5.91 Å². The van der Waals surface area contributed by atoms with Crippen LogP contribution in [0.15, 0.2) is 35.9 Å². The number of rotatable bonds is 5. The molecule has 0 saturated heterocycles. The maximum atomic E-state index is 13.2. The number of aryl methyl sites for hydroxylation is 2. The van der Waals surface area contributed by atoms with Crippen molar-refractivity contribution in [3.8, 4) is 11.8 Å². The van der Waals surface area contributed by atoms with E-state index in [9.17, 15) is 14.4 Å². The average molecular weight is 395 g/mol. The van der Waals surface area contributed by atoms with E-state index in [1.165, 1.54) is 23.5 Å². The number of hydrogen-bond acceptors (Lipinski definition) is 5. The van der Waals surface area contributed by atoms with Crippen LogP contribution >= 0.6 is 11.3 Å². The van der Waals surface area contributed by atoms with E-state index >= 15 is 0 Å². The topological polar surface area (TPSA) is 83.6 Å². The number of aromatic nitrogens is 3. The zero-order valence-electron chi connectivity index (χ0n) is 15.7. The summed E-state index contributed by atoms with van der Waals surface area (Å²) in [7, 11) is 0. The SMILES string of the molecule is CCc1nnc(NC(=O)/C(C#N)=C\c2cc(C)n(-c3ccc(F)cc3)c2C)s1. The lowest BCUT2D eigenvalue weighted by Gasteiger charge is -2.09. The van der Waals surface area contributed by atoms with Crippen molar-refractivity contribution < 1.29 is 9.18 Å². The second-order valence-electron chi connectivity index (χ2n) is 6.12. The standard InChI is InChI=1S/C20H18FN5OS/c1-4-18-24-25-20(28-18)23-19(27)15(11-22)10-14-9-12(2)26(13(14)3)17-7-5-16(21)6-8-17/h5-10H,4H2,1-3H3,(H,23,25,27)/b15-10-. The molecule has 3 rings (SSSR count). The van der Waals surface area contributed by atoms with Gasteiger partial charge in [-0.3, -0.25) is 10.1 Å². The van der Waals surface area contributed by atoms with Crippen LogP contribution in [0.4, 0.5) is 9.52 Å². The highest BCUT2D eigenvalue weighted by Crippen LogP contribution is 2.23. The summed E-state index contributed by atoms with van der Waals surface area (Å²) in [6.45, 7) is 5.74. The van der Waals surface area contributed by atoms with E-state index in [-0.39, 0.29) is 11.4 Å². The number of hydrogen-bond donors (Lipinski definition) is 1. The van der Waals surface area contributed by atoms with Crippen LogP contribution in [0.1, 0.15) is 28.9 Å². The van der Waals surface area contributed by atoms with Crippen molar-refractivity contribution in [1.29, 1.82) is 5.26 Å². The zero-order chi connectivity index (χ0) is 20.3. The van der Waals surface area contributed by atoms with Crippen LogP contribution in [0.25, 0.3) is 11.8 Å². The largest absolute Gasteiger partial charge is 0.318 e. The molecule has 0 aliphatic heterocycles. The van der Waals surface area contributed by atoms with Gasteiger partial charge < -0.3 is 4.57 Å². The van der Waals surface area contributed by atoms with E-state index in [0.29, 0.717) is 5.13 Å². The second-order valence-corrected chi connectivity index (χ2v) is 7.18. The summed E-state index contributed by atoms with van der Waals surface area (Å²) in [5.74, 6) is -0.842. The summed E-state index contributed by atoms with van der Waals surface area (Å²) in [4.78, 5) is 12.4. The molecular formula is C20H18FN5OS. The summed E-state index contributed by atoms with van der Waals surface area (Å²) in [5, 5.41) is 21.1. The normalized spacial score (nSPS) is 11.3. The van der Waals surface area contributed by atoms with Gasteiger partial charge in [-0.25, -0.2) is 4.39 Å². The molecular weight excluding hydrogens is 377 g/mol. The Morgan fingerprint density at radius 3 is 2.64 bits per heavy atom. The first-order chi connectivity index (χ1) is 13.4. The Morgan fingerprint density at radius 2 is 2.04 bits per heavy atom. The van der Waals surface area contributed by atoms with Crippen molar-refractivity contribution in [2.45, 2.75) is 27.2 Å². The van der Waals surface area contributed by atoms with E-state index in [1.807, 2.05) is 37.5 Å². The van der Waals surface area contributed by atoms with Gasteiger partial charge in [-0.1, -0.05) is 18.3 Å². The van der Waals surface area contributed by atoms with Crippen LogP contribution in [-0.4, -0.2) is 20.7 Å². The number of amides is 1. The average Bonchev–Trinajstić information content (AvgIpc) is 3.24. The maximum Gasteiger partial charge on any atom is 0.268 e. The van der Waals surface area contributed by atoms with Crippen molar-refractivity contribution in [2.75, 3.05) is 5.32 Å². The lowest BCUT2D eigenvalue weighted by Crippen LogP contribution is -2.13. The maximum absolute atomic E-state index is 13.2. The van der Waals surface area contributed by atoms with Gasteiger partial charge in [-0.15, -0.1) is 10.2 Å². The van der Waals surface area contributed by atoms with Crippen molar-refractivity contribution in [2.24, 2.45) is 0 Å². The quantitative estimate of drug-likeness (QED) is 0.519. The molecule has 0 bridgehead atoms. The minimum atomic E-state index is -0.534. The van der Waals surface area contributed by atoms with E-state index in [1.54, 1.807) is 18.2 Å². The number of anilines is 1. The Kier molecular flexibility index (Phi) is 5.66. The number of nitrogens with one attached hydrogen (secondary N) is 1. The molecule has 0 aliphatic carbocycles. The molecule has 0 spiro atoms. The molecule has 28 heavy (non-hydrogen) atoms. The van der Waals surface area contributed by atoms with Gasteiger partial charge in [-0.2, -0.15) is 5.26 Å². The molecule has 0 atom stereocenters. The van der Waals surface area contributed by atoms with Crippen LogP contribution in [0, 0.1) is 31.0 Å². The number of nitrogens with zero attached hydrogens (tertiary/aromatic N) is 4. The first kappa shape index (κ1) is 19.5. The van der Waals surface area contributed by atoms with Crippen molar-refractivity contribution >= 4 is 28.5 Å². The van der Waals surface area contributed by atoms with Crippen LogP contribution in [0.5, 0.6) is 0 Å². The van der Waals surface area contributed by atoms with Crippen molar-refractivity contribution in [1.82, 2.24) is 14.8 Å². The molecule has 2 aromatic heterocycles. The Morgan fingerprint density at radius 1 is 1.32 bits per heavy atom. The van der Waals surface area contributed by atoms with Crippen molar-refractivity contribution in [3.05, 3.63) is 63.7 Å². The zero-order valence-corrected chi connectivity index (χ0v) is 16.5. The fourth-order valence-corrected chi connectivity index (χ4v) is 3.51. The van der Waals surface area contributed by atoms with E-state index in [0.717, 1.165) is 34.1 Å². The molecule has 0 unspecified atom stereocenters. The predicted molar refractivity (Wildman–Crippen MR) is 107 cm³/mol. The number of benzene rings is 1. The van der Waals surface area contributed by atoms with Crippen LogP contribution in [-0.2, 0) is 11.2 Å². The number of nitriles is 1. The fraction of sp³-hybridized carbons (Fsp3) is 0.200. The Hall–Kier alpha value is -3.31. The molecule has 0 saturated carbocycles. The number of carbonyl (C=O) groups is 1. The van der Waals surface area contributed by atoms with Gasteiger partial charge in [0.15, 0.2) is 0 Å². The second kappa shape index (κ2) is 8.15. The van der Waals surface area contributed by atoms with E-state index in [2.05, 4.69) is 15.5 Å². The van der Waals surface area contributed by atoms with Gasteiger partial charge in [0, 0.05) is 17.1 Å². The van der Waals surface area contributed by atoms with Crippen molar-refractivity contribution in [3.63, 3.8) is 0 Å². The molecule has 1 N–H and O–H groups in total. The molecule has 1 amide bonds. The molecule has 1 aromatic carbocycles. The molecule has 6 nitrogen and oxygen atoms in total. The third-order valence-electron chi connectivity index (χ3n) is 4.21. The lowest BCUT2D eigenvalue weighted by atomic mass is 10.1. The highest BCUT2D eigenvalue weighted by molar-refractivity contribution is 7.15. The van der Waals surface area contributed by atoms with Gasteiger partial charge in [0.2, 0.25) is 5.13 Å². The Bertz CT molecular complexity index is 1090. The minimum absolute atomic E-state index is 0.0346. The van der Waals surface area contributed by atoms with Gasteiger partial charge >= 0.3 is 0 Å². The molecule has 0 radical (unpaired) electrons. The Balaban J connectivity index is 1.90. The molecule has 142 valence electrons. The molecule has 3 aromatic rings. The molecule has 2 heterocycles. The third-order valence-corrected chi connectivity index (χ3v) is 5.19. The van der Waals surface area contributed by atoms with E-state index < -0.39 is 5.91 Å². The first-order valence-corrected chi connectivity index (χ1v) is 9.45. The minimum Gasteiger partial charge on any atom is -0.318 e. The summed E-state index contributed by atoms with van der Waals surface area (Å²) in [6.07, 6.45) is 2.27. The highest BCUT2D eigenvalue weighted by Gasteiger charge is 2.15. The smallest absolute Gasteiger partial charge is 0.268 e. The van der Waals surface area contributed by atoms with Crippen LogP contribution in [0.2, 0.25) is 0 Å². The van der Waals surface area contributed by atoms with Crippen LogP contribution < -0.4 is 5.32 Å². The van der Waals surface area contributed by atoms with E-state index in [4.69, 9.17) is 0 Å². The summed E-state index contributed by atoms with van der Waals surface area (Å²) < 4.78 is 15.2. The van der Waals surface area contributed by atoms with Crippen LogP contribution in [0.3, 0.4) is 0 Å². The van der Waals surface area contributed by atoms with Gasteiger partial charge in [0.1, 0.15) is 22.5 Å². The Labute approximate surface area is 166 Å². The lowest BCUT2D eigenvalue weighted by molar-refractivity contribution is -0.112. The first-order valence-electron chi connectivity index (χ1n) is 8.63. The summed E-state index contributed by atoms with van der Waals surface area (Å²) in [5.41, 5.74) is 3.26. The third kappa shape index (κ3) is 4.00.